The van der Waals surface area contributed by atoms with Gasteiger partial charge in [0.15, 0.2) is 5.58 Å². The molecule has 0 aliphatic rings. The van der Waals surface area contributed by atoms with E-state index in [2.05, 4.69) is 205 Å². The first-order valence-corrected chi connectivity index (χ1v) is 21.1. The number of thiophene rings is 1. The molecule has 0 aliphatic heterocycles. The summed E-state index contributed by atoms with van der Waals surface area (Å²) in [6, 6.07) is 71.8. The van der Waals surface area contributed by atoms with Crippen LogP contribution in [0.2, 0.25) is 0 Å². The van der Waals surface area contributed by atoms with E-state index < -0.39 is 0 Å². The number of nitrogens with zero attached hydrogens (tertiary/aromatic N) is 1. The minimum atomic E-state index is 0.839. The molecule has 0 saturated heterocycles. The molecule has 13 aromatic rings. The van der Waals surface area contributed by atoms with Gasteiger partial charge < -0.3 is 13.7 Å². The van der Waals surface area contributed by atoms with Crippen LogP contribution in [0.5, 0.6) is 0 Å². The van der Waals surface area contributed by atoms with Crippen LogP contribution in [0.3, 0.4) is 0 Å². The molecule has 0 atom stereocenters. The van der Waals surface area contributed by atoms with Crippen LogP contribution in [0.15, 0.2) is 209 Å². The van der Waals surface area contributed by atoms with E-state index in [0.29, 0.717) is 0 Å². The standard InChI is InChI=1S/C56H33NO2S/c1-2-14-36-32-38(30-28-34(36)12-1)57(47-23-7-15-35-13-3-4-16-39(35)47)48-24-9-22-44-43-21-8-18-40(55(43)59-56(44)48)37-29-31-45-50(33-37)58-49-25-10-19-41(53(45)49)42-20-11-27-52-54(42)46-17-5-6-26-51(46)60-52/h1-33H. The monoisotopic (exact) mass is 783 g/mol. The van der Waals surface area contributed by atoms with Crippen molar-refractivity contribution >= 4 is 114 Å². The maximum absolute atomic E-state index is 7.14. The van der Waals surface area contributed by atoms with E-state index in [1.807, 2.05) is 11.3 Å². The Morgan fingerprint density at radius 2 is 1.00 bits per heavy atom. The van der Waals surface area contributed by atoms with Crippen molar-refractivity contribution in [3.63, 3.8) is 0 Å². The Balaban J connectivity index is 0.995. The molecule has 0 unspecified atom stereocenters. The maximum Gasteiger partial charge on any atom is 0.159 e. The van der Waals surface area contributed by atoms with Crippen LogP contribution in [0, 0.1) is 0 Å². The first kappa shape index (κ1) is 33.3. The highest BCUT2D eigenvalue weighted by atomic mass is 32.1. The third-order valence-corrected chi connectivity index (χ3v) is 13.4. The minimum absolute atomic E-state index is 0.839. The number of benzene rings is 10. The van der Waals surface area contributed by atoms with Crippen LogP contribution in [-0.4, -0.2) is 0 Å². The lowest BCUT2D eigenvalue weighted by Gasteiger charge is -2.27. The number of hydrogen-bond acceptors (Lipinski definition) is 4. The van der Waals surface area contributed by atoms with Gasteiger partial charge in [0.25, 0.3) is 0 Å². The van der Waals surface area contributed by atoms with Gasteiger partial charge in [-0.1, -0.05) is 146 Å². The molecular formula is C56H33NO2S. The Morgan fingerprint density at radius 3 is 1.92 bits per heavy atom. The Morgan fingerprint density at radius 1 is 0.350 bits per heavy atom. The zero-order valence-corrected chi connectivity index (χ0v) is 33.0. The zero-order valence-electron chi connectivity index (χ0n) is 32.2. The highest BCUT2D eigenvalue weighted by Gasteiger charge is 2.23. The van der Waals surface area contributed by atoms with Crippen molar-refractivity contribution in [1.82, 2.24) is 0 Å². The molecule has 3 nitrogen and oxygen atoms in total. The van der Waals surface area contributed by atoms with Gasteiger partial charge in [-0.05, 0) is 87.4 Å². The Bertz CT molecular complexity index is 3860. The van der Waals surface area contributed by atoms with Gasteiger partial charge in [-0.15, -0.1) is 11.3 Å². The lowest BCUT2D eigenvalue weighted by molar-refractivity contribution is 0.668. The lowest BCUT2D eigenvalue weighted by Crippen LogP contribution is -2.10. The van der Waals surface area contributed by atoms with Gasteiger partial charge in [0.05, 0.1) is 11.4 Å². The molecule has 10 aromatic carbocycles. The van der Waals surface area contributed by atoms with Crippen LogP contribution in [0.4, 0.5) is 17.1 Å². The molecule has 0 aliphatic carbocycles. The van der Waals surface area contributed by atoms with Crippen molar-refractivity contribution in [2.24, 2.45) is 0 Å². The second-order valence-electron chi connectivity index (χ2n) is 15.6. The average molecular weight is 784 g/mol. The predicted molar refractivity (Wildman–Crippen MR) is 254 cm³/mol. The molecule has 60 heavy (non-hydrogen) atoms. The number of para-hydroxylation sites is 2. The summed E-state index contributed by atoms with van der Waals surface area (Å²) >= 11 is 1.85. The summed E-state index contributed by atoms with van der Waals surface area (Å²) in [6.07, 6.45) is 0. The van der Waals surface area contributed by atoms with Crippen molar-refractivity contribution in [3.8, 4) is 22.3 Å². The fourth-order valence-electron chi connectivity index (χ4n) is 9.55. The highest BCUT2D eigenvalue weighted by Crippen LogP contribution is 2.48. The molecule has 0 radical (unpaired) electrons. The van der Waals surface area contributed by atoms with Crippen molar-refractivity contribution in [1.29, 1.82) is 0 Å². The molecule has 3 aromatic heterocycles. The molecule has 0 spiro atoms. The fourth-order valence-corrected chi connectivity index (χ4v) is 10.7. The molecule has 13 rings (SSSR count). The van der Waals surface area contributed by atoms with Gasteiger partial charge in [-0.2, -0.15) is 0 Å². The molecule has 4 heteroatoms. The average Bonchev–Trinajstić information content (AvgIpc) is 4.01. The van der Waals surface area contributed by atoms with Gasteiger partial charge in [-0.3, -0.25) is 0 Å². The number of fused-ring (bicyclic) bond motifs is 11. The molecule has 0 fully saturated rings. The fraction of sp³-hybridized carbons (Fsp3) is 0. The predicted octanol–water partition coefficient (Wildman–Crippen LogP) is 17.0. The van der Waals surface area contributed by atoms with Gasteiger partial charge in [0.1, 0.15) is 16.7 Å². The summed E-state index contributed by atoms with van der Waals surface area (Å²) < 4.78 is 16.4. The summed E-state index contributed by atoms with van der Waals surface area (Å²) in [5.74, 6) is 0. The van der Waals surface area contributed by atoms with Crippen LogP contribution >= 0.6 is 11.3 Å². The molecule has 0 bridgehead atoms. The van der Waals surface area contributed by atoms with E-state index in [0.717, 1.165) is 72.1 Å². The molecule has 3 heterocycles. The smallest absolute Gasteiger partial charge is 0.159 e. The number of furan rings is 2. The summed E-state index contributed by atoms with van der Waals surface area (Å²) in [4.78, 5) is 2.36. The minimum Gasteiger partial charge on any atom is -0.456 e. The van der Waals surface area contributed by atoms with Crippen molar-refractivity contribution in [3.05, 3.63) is 200 Å². The van der Waals surface area contributed by atoms with Crippen LogP contribution in [0.25, 0.3) is 108 Å². The number of rotatable bonds is 5. The van der Waals surface area contributed by atoms with Gasteiger partial charge in [-0.25, -0.2) is 0 Å². The quantitative estimate of drug-likeness (QED) is 0.174. The first-order chi connectivity index (χ1) is 29.7. The summed E-state index contributed by atoms with van der Waals surface area (Å²) in [7, 11) is 0. The number of hydrogen-bond donors (Lipinski definition) is 0. The molecule has 280 valence electrons. The normalized spacial score (nSPS) is 12.0. The van der Waals surface area contributed by atoms with Crippen molar-refractivity contribution < 1.29 is 8.83 Å². The summed E-state index contributed by atoms with van der Waals surface area (Å²) in [5, 5.41) is 11.7. The van der Waals surface area contributed by atoms with Crippen LogP contribution < -0.4 is 4.90 Å². The second-order valence-corrected chi connectivity index (χ2v) is 16.7. The zero-order chi connectivity index (χ0) is 39.3. The molecule has 0 amide bonds. The lowest BCUT2D eigenvalue weighted by atomic mass is 9.95. The Kier molecular flexibility index (Phi) is 7.18. The largest absolute Gasteiger partial charge is 0.456 e. The van der Waals surface area contributed by atoms with Crippen molar-refractivity contribution in [2.45, 2.75) is 0 Å². The maximum atomic E-state index is 7.14. The van der Waals surface area contributed by atoms with E-state index in [9.17, 15) is 0 Å². The molecule has 0 saturated carbocycles. The summed E-state index contributed by atoms with van der Waals surface area (Å²) in [6.45, 7) is 0. The SMILES string of the molecule is c1ccc2cc(N(c3cccc4ccccc34)c3cccc4c3oc3c(-c5ccc6c(c5)oc5cccc(-c7cccc8sc9ccccc9c78)c56)cccc34)ccc2c1. The van der Waals surface area contributed by atoms with E-state index in [-0.39, 0.29) is 0 Å². The van der Waals surface area contributed by atoms with E-state index in [1.165, 1.54) is 52.8 Å². The van der Waals surface area contributed by atoms with Crippen LogP contribution in [-0.2, 0) is 0 Å². The highest BCUT2D eigenvalue weighted by molar-refractivity contribution is 7.25. The van der Waals surface area contributed by atoms with Crippen molar-refractivity contribution in [2.75, 3.05) is 4.90 Å². The van der Waals surface area contributed by atoms with Crippen LogP contribution in [0.1, 0.15) is 0 Å². The van der Waals surface area contributed by atoms with Gasteiger partial charge >= 0.3 is 0 Å². The Labute approximate surface area is 348 Å². The first-order valence-electron chi connectivity index (χ1n) is 20.3. The molecule has 0 N–H and O–H groups in total. The van der Waals surface area contributed by atoms with Gasteiger partial charge in [0.2, 0.25) is 0 Å². The Hall–Kier alpha value is -7.66. The van der Waals surface area contributed by atoms with E-state index in [4.69, 9.17) is 8.83 Å². The summed E-state index contributed by atoms with van der Waals surface area (Å²) in [5.41, 5.74) is 11.0. The second kappa shape index (κ2) is 12.9. The van der Waals surface area contributed by atoms with Gasteiger partial charge in [0, 0.05) is 58.4 Å². The molecular weight excluding hydrogens is 751 g/mol. The third kappa shape index (κ3) is 4.95. The number of anilines is 3. The third-order valence-electron chi connectivity index (χ3n) is 12.2. The van der Waals surface area contributed by atoms with E-state index in [1.54, 1.807) is 0 Å². The topological polar surface area (TPSA) is 29.5 Å². The van der Waals surface area contributed by atoms with E-state index >= 15 is 0 Å².